The largest absolute Gasteiger partial charge is 0.366 e. The summed E-state index contributed by atoms with van der Waals surface area (Å²) in [5.74, 6) is 4.28. The molecule has 5 N–H and O–H groups in total. The lowest BCUT2D eigenvalue weighted by Crippen LogP contribution is -2.30. The van der Waals surface area contributed by atoms with Crippen molar-refractivity contribution >= 4 is 22.7 Å². The molecule has 0 spiro atoms. The van der Waals surface area contributed by atoms with Gasteiger partial charge in [0.1, 0.15) is 0 Å². The van der Waals surface area contributed by atoms with Crippen molar-refractivity contribution in [3.63, 3.8) is 0 Å². The zero-order valence-corrected chi connectivity index (χ0v) is 9.72. The van der Waals surface area contributed by atoms with E-state index in [-0.39, 0.29) is 12.3 Å². The van der Waals surface area contributed by atoms with E-state index in [1.54, 1.807) is 6.20 Å². The Labute approximate surface area is 104 Å². The van der Waals surface area contributed by atoms with Gasteiger partial charge in [-0.3, -0.25) is 15.0 Å². The second-order valence-corrected chi connectivity index (χ2v) is 3.94. The van der Waals surface area contributed by atoms with Crippen molar-refractivity contribution in [1.82, 2.24) is 9.99 Å². The zero-order valence-electron chi connectivity index (χ0n) is 9.72. The maximum atomic E-state index is 11.3. The first-order chi connectivity index (χ1) is 8.63. The van der Waals surface area contributed by atoms with Gasteiger partial charge in [-0.1, -0.05) is 18.2 Å². The van der Waals surface area contributed by atoms with Gasteiger partial charge in [-0.15, -0.1) is 0 Å². The number of fused-ring (bicyclic) bond motifs is 1. The lowest BCUT2D eigenvalue weighted by atomic mass is 10.2. The third-order valence-electron chi connectivity index (χ3n) is 2.79. The van der Waals surface area contributed by atoms with Gasteiger partial charge in [0.05, 0.1) is 5.56 Å². The van der Waals surface area contributed by atoms with Crippen LogP contribution in [0.2, 0.25) is 0 Å². The molecule has 6 heteroatoms. The second kappa shape index (κ2) is 4.89. The number of aromatic nitrogens is 1. The predicted molar refractivity (Wildman–Crippen MR) is 67.4 cm³/mol. The van der Waals surface area contributed by atoms with Crippen molar-refractivity contribution in [2.45, 2.75) is 13.0 Å². The van der Waals surface area contributed by atoms with Crippen LogP contribution in [-0.2, 0) is 11.3 Å². The average Bonchev–Trinajstić information content (AvgIpc) is 2.75. The highest BCUT2D eigenvalue weighted by atomic mass is 16.2. The van der Waals surface area contributed by atoms with Crippen LogP contribution in [0.5, 0.6) is 0 Å². The Morgan fingerprint density at radius 3 is 2.67 bits per heavy atom. The monoisotopic (exact) mass is 246 g/mol. The van der Waals surface area contributed by atoms with Crippen molar-refractivity contribution in [3.8, 4) is 0 Å². The molecule has 1 aromatic carbocycles. The van der Waals surface area contributed by atoms with Gasteiger partial charge >= 0.3 is 0 Å². The number of primary amides is 1. The van der Waals surface area contributed by atoms with Gasteiger partial charge in [-0.05, 0) is 6.07 Å². The number of para-hydroxylation sites is 1. The highest BCUT2D eigenvalue weighted by molar-refractivity contribution is 6.06. The molecule has 2 rings (SSSR count). The summed E-state index contributed by atoms with van der Waals surface area (Å²) in [5.41, 5.74) is 8.72. The van der Waals surface area contributed by atoms with E-state index in [9.17, 15) is 9.59 Å². The van der Waals surface area contributed by atoms with Crippen LogP contribution in [0, 0.1) is 0 Å². The summed E-state index contributed by atoms with van der Waals surface area (Å²) in [4.78, 5) is 22.5. The number of benzene rings is 1. The quantitative estimate of drug-likeness (QED) is 0.405. The number of nitrogens with two attached hydrogens (primary N) is 2. The Morgan fingerprint density at radius 1 is 1.28 bits per heavy atom. The van der Waals surface area contributed by atoms with Crippen LogP contribution in [0.25, 0.3) is 10.9 Å². The van der Waals surface area contributed by atoms with Crippen LogP contribution in [0.4, 0.5) is 0 Å². The highest BCUT2D eigenvalue weighted by Gasteiger charge is 2.12. The van der Waals surface area contributed by atoms with E-state index in [0.29, 0.717) is 12.1 Å². The molecule has 94 valence electrons. The molecule has 0 aliphatic heterocycles. The fraction of sp³-hybridized carbons (Fsp3) is 0.167. The van der Waals surface area contributed by atoms with E-state index < -0.39 is 5.91 Å². The number of nitrogens with one attached hydrogen (secondary N) is 1. The number of hydrazine groups is 1. The van der Waals surface area contributed by atoms with Crippen molar-refractivity contribution in [2.24, 2.45) is 11.6 Å². The van der Waals surface area contributed by atoms with Crippen LogP contribution in [0.15, 0.2) is 30.5 Å². The summed E-state index contributed by atoms with van der Waals surface area (Å²) < 4.78 is 1.82. The molecule has 2 aromatic rings. The lowest BCUT2D eigenvalue weighted by Gasteiger charge is -2.03. The summed E-state index contributed by atoms with van der Waals surface area (Å²) >= 11 is 0. The lowest BCUT2D eigenvalue weighted by molar-refractivity contribution is -0.121. The minimum Gasteiger partial charge on any atom is -0.366 e. The first-order valence-electron chi connectivity index (χ1n) is 5.50. The second-order valence-electron chi connectivity index (χ2n) is 3.94. The molecule has 0 aliphatic carbocycles. The van der Waals surface area contributed by atoms with Gasteiger partial charge in [0, 0.05) is 30.1 Å². The molecule has 0 unspecified atom stereocenters. The van der Waals surface area contributed by atoms with Gasteiger partial charge < -0.3 is 10.3 Å². The molecular formula is C12H14N4O2. The summed E-state index contributed by atoms with van der Waals surface area (Å²) in [5, 5.41) is 0.790. The van der Waals surface area contributed by atoms with E-state index in [1.165, 1.54) is 0 Å². The van der Waals surface area contributed by atoms with Crippen molar-refractivity contribution in [3.05, 3.63) is 36.0 Å². The molecule has 0 fully saturated rings. The molecule has 18 heavy (non-hydrogen) atoms. The zero-order chi connectivity index (χ0) is 13.1. The molecular weight excluding hydrogens is 232 g/mol. The SMILES string of the molecule is NNC(=O)CCn1cc(C(N)=O)c2ccccc21. The van der Waals surface area contributed by atoms with Crippen LogP contribution < -0.4 is 17.0 Å². The Hall–Kier alpha value is -2.34. The first-order valence-corrected chi connectivity index (χ1v) is 5.50. The molecule has 2 amide bonds. The van der Waals surface area contributed by atoms with Gasteiger partial charge in [-0.2, -0.15) is 0 Å². The number of rotatable bonds is 4. The van der Waals surface area contributed by atoms with Crippen molar-refractivity contribution in [2.75, 3.05) is 0 Å². The van der Waals surface area contributed by atoms with E-state index in [0.717, 1.165) is 10.9 Å². The molecule has 0 saturated heterocycles. The van der Waals surface area contributed by atoms with Crippen molar-refractivity contribution in [1.29, 1.82) is 0 Å². The summed E-state index contributed by atoms with van der Waals surface area (Å²) in [7, 11) is 0. The standard InChI is InChI=1S/C12H14N4O2/c13-12(18)9-7-16(6-5-11(17)15-14)10-4-2-1-3-8(9)10/h1-4,7H,5-6,14H2,(H2,13,18)(H,15,17). The van der Waals surface area contributed by atoms with Crippen LogP contribution in [0.1, 0.15) is 16.8 Å². The fourth-order valence-electron chi connectivity index (χ4n) is 1.92. The fourth-order valence-corrected chi connectivity index (χ4v) is 1.92. The number of carbonyl (C=O) groups is 2. The average molecular weight is 246 g/mol. The molecule has 0 bridgehead atoms. The third-order valence-corrected chi connectivity index (χ3v) is 2.79. The molecule has 6 nitrogen and oxygen atoms in total. The molecule has 0 aliphatic rings. The predicted octanol–water partition coefficient (Wildman–Crippen LogP) is 0.120. The number of aryl methyl sites for hydroxylation is 1. The number of hydrogen-bond acceptors (Lipinski definition) is 3. The molecule has 1 aromatic heterocycles. The van der Waals surface area contributed by atoms with E-state index in [2.05, 4.69) is 5.43 Å². The van der Waals surface area contributed by atoms with Gasteiger partial charge in [0.25, 0.3) is 5.91 Å². The third kappa shape index (κ3) is 2.18. The minimum absolute atomic E-state index is 0.243. The molecule has 0 radical (unpaired) electrons. The topological polar surface area (TPSA) is 103 Å². The maximum Gasteiger partial charge on any atom is 0.250 e. The van der Waals surface area contributed by atoms with Gasteiger partial charge in [0.2, 0.25) is 5.91 Å². The Bertz CT molecular complexity index is 603. The smallest absolute Gasteiger partial charge is 0.250 e. The first kappa shape index (κ1) is 12.1. The normalized spacial score (nSPS) is 10.5. The number of nitrogens with zero attached hydrogens (tertiary/aromatic N) is 1. The van der Waals surface area contributed by atoms with Gasteiger partial charge in [-0.25, -0.2) is 5.84 Å². The minimum atomic E-state index is -0.478. The number of carbonyl (C=O) groups excluding carboxylic acids is 2. The number of hydrogen-bond donors (Lipinski definition) is 3. The molecule has 1 heterocycles. The highest BCUT2D eigenvalue weighted by Crippen LogP contribution is 2.21. The van der Waals surface area contributed by atoms with Crippen LogP contribution in [0.3, 0.4) is 0 Å². The summed E-state index contributed by atoms with van der Waals surface area (Å²) in [6.45, 7) is 0.441. The van der Waals surface area contributed by atoms with E-state index >= 15 is 0 Å². The van der Waals surface area contributed by atoms with Crippen LogP contribution >= 0.6 is 0 Å². The van der Waals surface area contributed by atoms with Crippen molar-refractivity contribution < 1.29 is 9.59 Å². The Kier molecular flexibility index (Phi) is 3.29. The molecule has 0 atom stereocenters. The van der Waals surface area contributed by atoms with E-state index in [4.69, 9.17) is 11.6 Å². The Balaban J connectivity index is 2.39. The maximum absolute atomic E-state index is 11.3. The summed E-state index contributed by atoms with van der Waals surface area (Å²) in [6.07, 6.45) is 1.91. The van der Waals surface area contributed by atoms with Crippen LogP contribution in [-0.4, -0.2) is 16.4 Å². The number of amides is 2. The Morgan fingerprint density at radius 2 is 2.00 bits per heavy atom. The van der Waals surface area contributed by atoms with E-state index in [1.807, 2.05) is 28.8 Å². The van der Waals surface area contributed by atoms with Gasteiger partial charge in [0.15, 0.2) is 0 Å². The molecule has 0 saturated carbocycles. The summed E-state index contributed by atoms with van der Waals surface area (Å²) in [6, 6.07) is 7.41.